The molecule has 0 aliphatic heterocycles. The first-order valence-electron chi connectivity index (χ1n) is 8.02. The van der Waals surface area contributed by atoms with E-state index in [1.54, 1.807) is 24.3 Å². The van der Waals surface area contributed by atoms with Crippen molar-refractivity contribution in [1.29, 1.82) is 0 Å². The number of rotatable bonds is 6. The van der Waals surface area contributed by atoms with Crippen molar-refractivity contribution in [2.24, 2.45) is 0 Å². The highest BCUT2D eigenvalue weighted by atomic mass is 31.2. The molecule has 0 fully saturated rings. The number of carbonyl (C=O) groups excluding carboxylic acids is 1. The molecular weight excluding hydrogens is 321 g/mol. The predicted octanol–water partition coefficient (Wildman–Crippen LogP) is 4.01. The van der Waals surface area contributed by atoms with Crippen molar-refractivity contribution in [3.8, 4) is 0 Å². The Labute approximate surface area is 143 Å². The van der Waals surface area contributed by atoms with Gasteiger partial charge in [-0.2, -0.15) is 0 Å². The van der Waals surface area contributed by atoms with E-state index in [4.69, 9.17) is 0 Å². The van der Waals surface area contributed by atoms with E-state index in [0.29, 0.717) is 17.9 Å². The zero-order valence-corrected chi connectivity index (χ0v) is 15.2. The fourth-order valence-electron chi connectivity index (χ4n) is 2.43. The number of hydrogen-bond acceptors (Lipinski definition) is 2. The molecular formula is C19H24NO3P. The summed E-state index contributed by atoms with van der Waals surface area (Å²) in [7, 11) is -3.48. The van der Waals surface area contributed by atoms with Gasteiger partial charge in [0.1, 0.15) is 5.78 Å². The first kappa shape index (κ1) is 18.4. The Morgan fingerprint density at radius 1 is 1.08 bits per heavy atom. The van der Waals surface area contributed by atoms with E-state index in [2.05, 4.69) is 19.2 Å². The van der Waals surface area contributed by atoms with E-state index in [1.807, 2.05) is 30.3 Å². The Balaban J connectivity index is 2.14. The van der Waals surface area contributed by atoms with Crippen molar-refractivity contribution in [2.75, 3.05) is 6.66 Å². The number of benzene rings is 2. The summed E-state index contributed by atoms with van der Waals surface area (Å²) in [5, 5.41) is 2.71. The van der Waals surface area contributed by atoms with E-state index < -0.39 is 13.2 Å². The Hall–Kier alpha value is -1.90. The average Bonchev–Trinajstić information content (AvgIpc) is 2.54. The summed E-state index contributed by atoms with van der Waals surface area (Å²) in [6.45, 7) is 5.52. The number of hydrogen-bond donors (Lipinski definition) is 2. The van der Waals surface area contributed by atoms with Gasteiger partial charge < -0.3 is 10.2 Å². The molecule has 0 aliphatic carbocycles. The molecule has 0 radical (unpaired) electrons. The second kappa shape index (κ2) is 7.78. The highest BCUT2D eigenvalue weighted by Crippen LogP contribution is 2.42. The first-order valence-corrected chi connectivity index (χ1v) is 10.2. The summed E-state index contributed by atoms with van der Waals surface area (Å²) in [6.07, 6.45) is 0.321. The molecule has 5 heteroatoms. The maximum Gasteiger partial charge on any atom is 0.251 e. The number of amides is 1. The molecule has 0 heterocycles. The van der Waals surface area contributed by atoms with Crippen LogP contribution in [0.4, 0.5) is 0 Å². The molecule has 2 rings (SSSR count). The van der Waals surface area contributed by atoms with Gasteiger partial charge in [0.05, 0.1) is 0 Å². The number of carbonyl (C=O) groups is 1. The lowest BCUT2D eigenvalue weighted by atomic mass is 10.0. The number of nitrogens with one attached hydrogen (secondary N) is 1. The zero-order valence-electron chi connectivity index (χ0n) is 14.3. The van der Waals surface area contributed by atoms with Gasteiger partial charge in [0, 0.05) is 18.6 Å². The minimum Gasteiger partial charge on any atom is -0.343 e. The van der Waals surface area contributed by atoms with E-state index in [1.165, 1.54) is 12.2 Å². The minimum atomic E-state index is -3.48. The van der Waals surface area contributed by atoms with Crippen LogP contribution in [0.3, 0.4) is 0 Å². The van der Waals surface area contributed by atoms with Gasteiger partial charge in [0.2, 0.25) is 7.37 Å². The molecule has 0 bridgehead atoms. The Kier molecular flexibility index (Phi) is 5.98. The third-order valence-corrected chi connectivity index (χ3v) is 5.46. The van der Waals surface area contributed by atoms with E-state index >= 15 is 0 Å². The van der Waals surface area contributed by atoms with Gasteiger partial charge in [-0.3, -0.25) is 9.36 Å². The van der Waals surface area contributed by atoms with Crippen LogP contribution in [0.15, 0.2) is 54.6 Å². The third-order valence-electron chi connectivity index (χ3n) is 3.99. The SMILES string of the molecule is CC(C)c1ccc(C[C@@H](NC(=O)c2ccccc2)P(C)(=O)O)cc1. The van der Waals surface area contributed by atoms with Crippen LogP contribution in [0.2, 0.25) is 0 Å². The topological polar surface area (TPSA) is 66.4 Å². The Morgan fingerprint density at radius 2 is 1.67 bits per heavy atom. The lowest BCUT2D eigenvalue weighted by Crippen LogP contribution is -2.36. The third kappa shape index (κ3) is 5.05. The van der Waals surface area contributed by atoms with Gasteiger partial charge in [-0.15, -0.1) is 0 Å². The largest absolute Gasteiger partial charge is 0.343 e. The lowest BCUT2D eigenvalue weighted by molar-refractivity contribution is 0.0946. The Morgan fingerprint density at radius 3 is 2.17 bits per heavy atom. The monoisotopic (exact) mass is 345 g/mol. The van der Waals surface area contributed by atoms with Gasteiger partial charge in [-0.25, -0.2) is 0 Å². The van der Waals surface area contributed by atoms with Crippen LogP contribution in [0, 0.1) is 0 Å². The lowest BCUT2D eigenvalue weighted by Gasteiger charge is -2.22. The van der Waals surface area contributed by atoms with Crippen LogP contribution >= 0.6 is 7.37 Å². The van der Waals surface area contributed by atoms with Crippen molar-refractivity contribution >= 4 is 13.3 Å². The van der Waals surface area contributed by atoms with Crippen molar-refractivity contribution < 1.29 is 14.3 Å². The molecule has 0 saturated carbocycles. The van der Waals surface area contributed by atoms with Crippen LogP contribution in [-0.4, -0.2) is 23.2 Å². The highest BCUT2D eigenvalue weighted by Gasteiger charge is 2.28. The summed E-state index contributed by atoms with van der Waals surface area (Å²) >= 11 is 0. The summed E-state index contributed by atoms with van der Waals surface area (Å²) < 4.78 is 12.2. The molecule has 0 saturated heterocycles. The fourth-order valence-corrected chi connectivity index (χ4v) is 3.33. The molecule has 2 atom stereocenters. The van der Waals surface area contributed by atoms with Crippen LogP contribution in [-0.2, 0) is 11.0 Å². The summed E-state index contributed by atoms with van der Waals surface area (Å²) in [4.78, 5) is 22.3. The molecule has 0 spiro atoms. The van der Waals surface area contributed by atoms with Crippen molar-refractivity contribution in [1.82, 2.24) is 5.32 Å². The van der Waals surface area contributed by atoms with Gasteiger partial charge in [0.25, 0.3) is 5.91 Å². The van der Waals surface area contributed by atoms with Gasteiger partial charge >= 0.3 is 0 Å². The predicted molar refractivity (Wildman–Crippen MR) is 97.7 cm³/mol. The van der Waals surface area contributed by atoms with E-state index in [-0.39, 0.29) is 5.91 Å². The van der Waals surface area contributed by atoms with E-state index in [9.17, 15) is 14.3 Å². The smallest absolute Gasteiger partial charge is 0.251 e. The normalized spacial score (nSPS) is 14.9. The molecule has 0 aromatic heterocycles. The minimum absolute atomic E-state index is 0.321. The van der Waals surface area contributed by atoms with Crippen LogP contribution in [0.25, 0.3) is 0 Å². The molecule has 0 aliphatic rings. The summed E-state index contributed by atoms with van der Waals surface area (Å²) in [5.41, 5.74) is 2.62. The zero-order chi connectivity index (χ0) is 17.7. The van der Waals surface area contributed by atoms with Gasteiger partial charge in [0.15, 0.2) is 0 Å². The van der Waals surface area contributed by atoms with Crippen LogP contribution < -0.4 is 5.32 Å². The van der Waals surface area contributed by atoms with Crippen LogP contribution in [0.5, 0.6) is 0 Å². The van der Waals surface area contributed by atoms with Gasteiger partial charge in [-0.05, 0) is 29.2 Å². The maximum atomic E-state index is 12.3. The molecule has 24 heavy (non-hydrogen) atoms. The summed E-state index contributed by atoms with van der Waals surface area (Å²) in [6, 6.07) is 16.7. The van der Waals surface area contributed by atoms with Crippen LogP contribution in [0.1, 0.15) is 41.3 Å². The second-order valence-electron chi connectivity index (χ2n) is 6.40. The molecule has 1 unspecified atom stereocenters. The van der Waals surface area contributed by atoms with Crippen molar-refractivity contribution in [3.63, 3.8) is 0 Å². The molecule has 128 valence electrons. The second-order valence-corrected chi connectivity index (χ2v) is 8.91. The van der Waals surface area contributed by atoms with Crippen molar-refractivity contribution in [2.45, 2.75) is 32.0 Å². The summed E-state index contributed by atoms with van der Waals surface area (Å²) in [5.74, 6) is -0.714. The Bertz CT molecular complexity index is 720. The maximum absolute atomic E-state index is 12.3. The fraction of sp³-hybridized carbons (Fsp3) is 0.316. The molecule has 1 amide bonds. The molecule has 4 nitrogen and oxygen atoms in total. The van der Waals surface area contributed by atoms with Gasteiger partial charge in [-0.1, -0.05) is 56.3 Å². The molecule has 2 N–H and O–H groups in total. The average molecular weight is 345 g/mol. The van der Waals surface area contributed by atoms with E-state index in [0.717, 1.165) is 5.56 Å². The molecule has 2 aromatic carbocycles. The first-order chi connectivity index (χ1) is 11.3. The van der Waals surface area contributed by atoms with Crippen molar-refractivity contribution in [3.05, 3.63) is 71.3 Å². The highest BCUT2D eigenvalue weighted by molar-refractivity contribution is 7.57. The standard InChI is InChI=1S/C19H24NO3P/c1-14(2)16-11-9-15(10-12-16)13-18(24(3,22)23)20-19(21)17-7-5-4-6-8-17/h4-12,14,18H,13H2,1-3H3,(H,20,21)(H,22,23)/t18-/m0/s1. The molecule has 2 aromatic rings. The quantitative estimate of drug-likeness (QED) is 0.778.